The second-order valence-corrected chi connectivity index (χ2v) is 5.79. The predicted molar refractivity (Wildman–Crippen MR) is 82.1 cm³/mol. The van der Waals surface area contributed by atoms with Crippen LogP contribution in [0.1, 0.15) is 36.9 Å². The van der Waals surface area contributed by atoms with Crippen molar-refractivity contribution >= 4 is 18.3 Å². The Balaban J connectivity index is 0.00000176. The van der Waals surface area contributed by atoms with Crippen molar-refractivity contribution in [3.05, 3.63) is 11.7 Å². The maximum atomic E-state index is 12.4. The molecule has 2 atom stereocenters. The van der Waals surface area contributed by atoms with Crippen molar-refractivity contribution in [1.82, 2.24) is 20.4 Å². The molecule has 22 heavy (non-hydrogen) atoms. The Hall–Kier alpha value is -1.18. The molecule has 2 aliphatic rings. The van der Waals surface area contributed by atoms with Crippen LogP contribution < -0.4 is 5.32 Å². The summed E-state index contributed by atoms with van der Waals surface area (Å²) in [5.41, 5.74) is 0. The number of aromatic nitrogens is 2. The summed E-state index contributed by atoms with van der Waals surface area (Å²) in [6.07, 6.45) is 2.47. The molecule has 3 rings (SSSR count). The average molecular weight is 331 g/mol. The molecule has 1 N–H and O–H groups in total. The van der Waals surface area contributed by atoms with Gasteiger partial charge in [0.2, 0.25) is 11.8 Å². The van der Waals surface area contributed by atoms with E-state index in [1.807, 2.05) is 11.8 Å². The summed E-state index contributed by atoms with van der Waals surface area (Å²) >= 11 is 0. The van der Waals surface area contributed by atoms with Crippen LogP contribution in [0.25, 0.3) is 0 Å². The summed E-state index contributed by atoms with van der Waals surface area (Å²) in [6, 6.07) is 0.136. The Labute approximate surface area is 136 Å². The molecule has 3 heterocycles. The van der Waals surface area contributed by atoms with Crippen LogP contribution in [0.4, 0.5) is 0 Å². The minimum atomic E-state index is 0. The van der Waals surface area contributed by atoms with Gasteiger partial charge in [-0.05, 0) is 19.8 Å². The SMILES string of the molecule is Cc1noc(C2CCCN(C(=O)CC3COCCN3)C2)n1.Cl. The zero-order chi connectivity index (χ0) is 14.7. The lowest BCUT2D eigenvalue weighted by atomic mass is 9.97. The van der Waals surface area contributed by atoms with Crippen LogP contribution in [-0.2, 0) is 9.53 Å². The third-order valence-electron chi connectivity index (χ3n) is 4.09. The van der Waals surface area contributed by atoms with Crippen LogP contribution in [0.3, 0.4) is 0 Å². The van der Waals surface area contributed by atoms with E-state index >= 15 is 0 Å². The Kier molecular flexibility index (Phi) is 6.16. The van der Waals surface area contributed by atoms with Crippen LogP contribution in [0.2, 0.25) is 0 Å². The first-order chi connectivity index (χ1) is 10.2. The number of nitrogens with one attached hydrogen (secondary N) is 1. The molecule has 0 aromatic carbocycles. The summed E-state index contributed by atoms with van der Waals surface area (Å²) in [4.78, 5) is 18.6. The van der Waals surface area contributed by atoms with E-state index in [0.717, 1.165) is 32.5 Å². The number of halogens is 1. The maximum Gasteiger partial charge on any atom is 0.231 e. The van der Waals surface area contributed by atoms with Gasteiger partial charge >= 0.3 is 0 Å². The second kappa shape index (κ2) is 7.89. The topological polar surface area (TPSA) is 80.5 Å². The molecule has 1 aromatic heterocycles. The third kappa shape index (κ3) is 4.18. The van der Waals surface area contributed by atoms with Crippen molar-refractivity contribution in [3.63, 3.8) is 0 Å². The van der Waals surface area contributed by atoms with Gasteiger partial charge in [-0.3, -0.25) is 4.79 Å². The normalized spacial score (nSPS) is 25.6. The first-order valence-corrected chi connectivity index (χ1v) is 7.61. The minimum Gasteiger partial charge on any atom is -0.378 e. The molecule has 1 amide bonds. The molecule has 2 aliphatic heterocycles. The van der Waals surface area contributed by atoms with Gasteiger partial charge in [-0.15, -0.1) is 12.4 Å². The molecule has 2 fully saturated rings. The number of aryl methyl sites for hydroxylation is 1. The van der Waals surface area contributed by atoms with Crippen molar-refractivity contribution in [2.45, 2.75) is 38.1 Å². The van der Waals surface area contributed by atoms with Gasteiger partial charge in [-0.2, -0.15) is 4.98 Å². The van der Waals surface area contributed by atoms with Crippen molar-refractivity contribution in [2.24, 2.45) is 0 Å². The number of rotatable bonds is 3. The van der Waals surface area contributed by atoms with Crippen LogP contribution in [0.15, 0.2) is 4.52 Å². The number of likely N-dealkylation sites (tertiary alicyclic amines) is 1. The van der Waals surface area contributed by atoms with Gasteiger partial charge in [0.15, 0.2) is 5.82 Å². The van der Waals surface area contributed by atoms with Crippen molar-refractivity contribution in [1.29, 1.82) is 0 Å². The third-order valence-corrected chi connectivity index (χ3v) is 4.09. The molecule has 2 unspecified atom stereocenters. The van der Waals surface area contributed by atoms with E-state index in [4.69, 9.17) is 9.26 Å². The van der Waals surface area contributed by atoms with Crippen molar-refractivity contribution < 1.29 is 14.1 Å². The summed E-state index contributed by atoms with van der Waals surface area (Å²) < 4.78 is 10.6. The molecule has 0 radical (unpaired) electrons. The largest absolute Gasteiger partial charge is 0.378 e. The van der Waals surface area contributed by atoms with E-state index < -0.39 is 0 Å². The van der Waals surface area contributed by atoms with E-state index in [-0.39, 0.29) is 30.3 Å². The molecule has 0 bridgehead atoms. The molecular weight excluding hydrogens is 308 g/mol. The molecule has 0 saturated carbocycles. The van der Waals surface area contributed by atoms with Gasteiger partial charge in [0.1, 0.15) is 0 Å². The highest BCUT2D eigenvalue weighted by atomic mass is 35.5. The zero-order valence-corrected chi connectivity index (χ0v) is 13.6. The van der Waals surface area contributed by atoms with Crippen LogP contribution in [0, 0.1) is 6.92 Å². The quantitative estimate of drug-likeness (QED) is 0.886. The molecular formula is C14H23ClN4O3. The number of morpholine rings is 1. The van der Waals surface area contributed by atoms with Gasteiger partial charge in [0.05, 0.1) is 19.1 Å². The van der Waals surface area contributed by atoms with Gasteiger partial charge in [0, 0.05) is 32.1 Å². The summed E-state index contributed by atoms with van der Waals surface area (Å²) in [5.74, 6) is 1.65. The molecule has 124 valence electrons. The number of hydrogen-bond donors (Lipinski definition) is 1. The molecule has 0 aliphatic carbocycles. The Morgan fingerprint density at radius 3 is 3.05 bits per heavy atom. The Morgan fingerprint density at radius 1 is 1.50 bits per heavy atom. The number of nitrogens with zero attached hydrogens (tertiary/aromatic N) is 3. The van der Waals surface area contributed by atoms with Crippen LogP contribution in [0.5, 0.6) is 0 Å². The van der Waals surface area contributed by atoms with E-state index in [1.54, 1.807) is 0 Å². The summed E-state index contributed by atoms with van der Waals surface area (Å²) in [6.45, 7) is 5.47. The van der Waals surface area contributed by atoms with E-state index in [1.165, 1.54) is 0 Å². The first-order valence-electron chi connectivity index (χ1n) is 7.61. The maximum absolute atomic E-state index is 12.4. The second-order valence-electron chi connectivity index (χ2n) is 5.79. The lowest BCUT2D eigenvalue weighted by Gasteiger charge is -2.33. The monoisotopic (exact) mass is 330 g/mol. The Morgan fingerprint density at radius 2 is 2.36 bits per heavy atom. The van der Waals surface area contributed by atoms with Gasteiger partial charge in [-0.25, -0.2) is 0 Å². The fraction of sp³-hybridized carbons (Fsp3) is 0.786. The van der Waals surface area contributed by atoms with Gasteiger partial charge in [0.25, 0.3) is 0 Å². The summed E-state index contributed by atoms with van der Waals surface area (Å²) in [7, 11) is 0. The Bertz CT molecular complexity index is 490. The van der Waals surface area contributed by atoms with Gasteiger partial charge < -0.3 is 19.5 Å². The number of carbonyl (C=O) groups excluding carboxylic acids is 1. The highest BCUT2D eigenvalue weighted by Crippen LogP contribution is 2.26. The predicted octanol–water partition coefficient (Wildman–Crippen LogP) is 0.884. The van der Waals surface area contributed by atoms with E-state index in [0.29, 0.717) is 31.3 Å². The van der Waals surface area contributed by atoms with Gasteiger partial charge in [-0.1, -0.05) is 5.16 Å². The number of amides is 1. The number of carbonyl (C=O) groups is 1. The minimum absolute atomic E-state index is 0. The summed E-state index contributed by atoms with van der Waals surface area (Å²) in [5, 5.41) is 7.16. The lowest BCUT2D eigenvalue weighted by molar-refractivity contribution is -0.133. The number of hydrogen-bond acceptors (Lipinski definition) is 6. The average Bonchev–Trinajstić information content (AvgIpc) is 2.95. The van der Waals surface area contributed by atoms with Crippen LogP contribution >= 0.6 is 12.4 Å². The lowest BCUT2D eigenvalue weighted by Crippen LogP contribution is -2.46. The fourth-order valence-corrected chi connectivity index (χ4v) is 2.97. The molecule has 0 spiro atoms. The number of ether oxygens (including phenoxy) is 1. The number of piperidine rings is 1. The van der Waals surface area contributed by atoms with Crippen molar-refractivity contribution in [3.8, 4) is 0 Å². The molecule has 7 nitrogen and oxygen atoms in total. The smallest absolute Gasteiger partial charge is 0.231 e. The van der Waals surface area contributed by atoms with Crippen molar-refractivity contribution in [2.75, 3.05) is 32.8 Å². The molecule has 1 aromatic rings. The van der Waals surface area contributed by atoms with Crippen LogP contribution in [-0.4, -0.2) is 59.8 Å². The zero-order valence-electron chi connectivity index (χ0n) is 12.8. The highest BCUT2D eigenvalue weighted by molar-refractivity contribution is 5.85. The van der Waals surface area contributed by atoms with E-state index in [9.17, 15) is 4.79 Å². The molecule has 2 saturated heterocycles. The van der Waals surface area contributed by atoms with E-state index in [2.05, 4.69) is 15.5 Å². The standard InChI is InChI=1S/C14H22N4O3.ClH/c1-10-16-14(21-17-10)11-3-2-5-18(8-11)13(19)7-12-9-20-6-4-15-12;/h11-12,15H,2-9H2,1H3;1H. The highest BCUT2D eigenvalue weighted by Gasteiger charge is 2.29. The molecule has 8 heteroatoms. The fourth-order valence-electron chi connectivity index (χ4n) is 2.97. The first kappa shape index (κ1) is 17.2.